The Morgan fingerprint density at radius 3 is 2.68 bits per heavy atom. The molecule has 1 aliphatic rings. The molecule has 0 amide bonds. The molecular weight excluding hydrogens is 320 g/mol. The van der Waals surface area contributed by atoms with E-state index in [0.717, 1.165) is 28.1 Å². The molecule has 0 bridgehead atoms. The fraction of sp³-hybridized carbons (Fsp3) is 0.562. The average Bonchev–Trinajstić information content (AvgIpc) is 2.45. The zero-order valence-corrected chi connectivity index (χ0v) is 13.6. The molecule has 19 heavy (non-hydrogen) atoms. The fourth-order valence-corrected chi connectivity index (χ4v) is 4.10. The fourth-order valence-electron chi connectivity index (χ4n) is 2.63. The van der Waals surface area contributed by atoms with Gasteiger partial charge in [0.15, 0.2) is 0 Å². The minimum Gasteiger partial charge on any atom is -0.299 e. The van der Waals surface area contributed by atoms with Gasteiger partial charge in [-0.1, -0.05) is 44.2 Å². The topological polar surface area (TPSA) is 17.1 Å². The van der Waals surface area contributed by atoms with Crippen LogP contribution in [0.15, 0.2) is 33.6 Å². The third-order valence-electron chi connectivity index (χ3n) is 3.78. The van der Waals surface area contributed by atoms with E-state index in [2.05, 4.69) is 22.0 Å². The highest BCUT2D eigenvalue weighted by molar-refractivity contribution is 9.10. The molecule has 0 atom stereocenters. The van der Waals surface area contributed by atoms with Crippen molar-refractivity contribution in [2.45, 2.75) is 49.8 Å². The van der Waals surface area contributed by atoms with E-state index >= 15 is 0 Å². The number of rotatable bonds is 6. The summed E-state index contributed by atoms with van der Waals surface area (Å²) >= 11 is 5.16. The largest absolute Gasteiger partial charge is 0.299 e. The normalized spacial score (nSPS) is 16.5. The molecule has 3 heteroatoms. The van der Waals surface area contributed by atoms with Gasteiger partial charge in [-0.15, -0.1) is 11.8 Å². The van der Waals surface area contributed by atoms with Crippen LogP contribution in [0.5, 0.6) is 0 Å². The molecule has 1 fully saturated rings. The minimum atomic E-state index is 0.395. The summed E-state index contributed by atoms with van der Waals surface area (Å²) < 4.78 is 1.08. The predicted octanol–water partition coefficient (Wildman–Crippen LogP) is 5.47. The number of halogens is 1. The first kappa shape index (κ1) is 15.1. The van der Waals surface area contributed by atoms with E-state index in [9.17, 15) is 4.79 Å². The standard InChI is InChI=1S/C16H21BrOS/c17-15-8-4-5-9-16(15)19-12-14(18)11-10-13-6-2-1-3-7-13/h4-5,8-9,13H,1-3,6-7,10-12H2. The summed E-state index contributed by atoms with van der Waals surface area (Å²) in [6, 6.07) is 8.09. The van der Waals surface area contributed by atoms with Gasteiger partial charge in [-0.2, -0.15) is 0 Å². The second kappa shape index (κ2) is 8.11. The molecule has 0 saturated heterocycles. The zero-order valence-electron chi connectivity index (χ0n) is 11.2. The van der Waals surface area contributed by atoms with Crippen LogP contribution in [0.2, 0.25) is 0 Å². The Hall–Kier alpha value is -0.280. The van der Waals surface area contributed by atoms with E-state index in [1.807, 2.05) is 18.2 Å². The zero-order chi connectivity index (χ0) is 13.5. The van der Waals surface area contributed by atoms with Crippen molar-refractivity contribution in [3.8, 4) is 0 Å². The summed E-state index contributed by atoms with van der Waals surface area (Å²) in [5.74, 6) is 1.81. The number of benzene rings is 1. The quantitative estimate of drug-likeness (QED) is 0.638. The van der Waals surface area contributed by atoms with E-state index in [4.69, 9.17) is 0 Å². The van der Waals surface area contributed by atoms with E-state index in [-0.39, 0.29) is 0 Å². The van der Waals surface area contributed by atoms with Crippen LogP contribution < -0.4 is 0 Å². The van der Waals surface area contributed by atoms with Gasteiger partial charge in [-0.05, 0) is 40.4 Å². The van der Waals surface area contributed by atoms with Crippen LogP contribution in [0.3, 0.4) is 0 Å². The molecule has 0 heterocycles. The molecule has 0 radical (unpaired) electrons. The molecule has 1 aromatic rings. The van der Waals surface area contributed by atoms with E-state index in [1.165, 1.54) is 32.1 Å². The molecule has 1 aliphatic carbocycles. The molecule has 1 nitrogen and oxygen atoms in total. The summed E-state index contributed by atoms with van der Waals surface area (Å²) in [6.45, 7) is 0. The predicted molar refractivity (Wildman–Crippen MR) is 85.7 cm³/mol. The number of hydrogen-bond donors (Lipinski definition) is 0. The first-order chi connectivity index (χ1) is 9.25. The lowest BCUT2D eigenvalue weighted by Gasteiger charge is -2.20. The molecule has 0 spiro atoms. The van der Waals surface area contributed by atoms with Crippen LogP contribution in [0, 0.1) is 5.92 Å². The highest BCUT2D eigenvalue weighted by atomic mass is 79.9. The average molecular weight is 341 g/mol. The van der Waals surface area contributed by atoms with Gasteiger partial charge in [-0.25, -0.2) is 0 Å². The number of ketones is 1. The van der Waals surface area contributed by atoms with Crippen LogP contribution in [0.1, 0.15) is 44.9 Å². The Morgan fingerprint density at radius 1 is 1.21 bits per heavy atom. The molecule has 0 aliphatic heterocycles. The van der Waals surface area contributed by atoms with Crippen LogP contribution in [-0.4, -0.2) is 11.5 Å². The number of carbonyl (C=O) groups is 1. The smallest absolute Gasteiger partial charge is 0.143 e. The van der Waals surface area contributed by atoms with Crippen molar-refractivity contribution in [3.05, 3.63) is 28.7 Å². The Morgan fingerprint density at radius 2 is 1.95 bits per heavy atom. The van der Waals surface area contributed by atoms with Crippen molar-refractivity contribution in [3.63, 3.8) is 0 Å². The Kier molecular flexibility index (Phi) is 6.45. The van der Waals surface area contributed by atoms with Crippen LogP contribution in [-0.2, 0) is 4.79 Å². The second-order valence-electron chi connectivity index (χ2n) is 5.30. The third-order valence-corrected chi connectivity index (χ3v) is 5.87. The van der Waals surface area contributed by atoms with Crippen molar-refractivity contribution in [2.24, 2.45) is 5.92 Å². The summed E-state index contributed by atoms with van der Waals surface area (Å²) in [7, 11) is 0. The van der Waals surface area contributed by atoms with E-state index in [1.54, 1.807) is 11.8 Å². The highest BCUT2D eigenvalue weighted by Crippen LogP contribution is 2.29. The summed E-state index contributed by atoms with van der Waals surface area (Å²) in [4.78, 5) is 13.1. The Balaban J connectivity index is 1.68. The van der Waals surface area contributed by atoms with Crippen molar-refractivity contribution < 1.29 is 4.79 Å². The van der Waals surface area contributed by atoms with Crippen molar-refractivity contribution in [1.82, 2.24) is 0 Å². The third kappa shape index (κ3) is 5.31. The first-order valence-corrected chi connectivity index (χ1v) is 8.92. The van der Waals surface area contributed by atoms with Gasteiger partial charge in [0.05, 0.1) is 5.75 Å². The number of hydrogen-bond acceptors (Lipinski definition) is 2. The lowest BCUT2D eigenvalue weighted by atomic mass is 9.86. The monoisotopic (exact) mass is 340 g/mol. The van der Waals surface area contributed by atoms with Gasteiger partial charge in [-0.3, -0.25) is 4.79 Å². The van der Waals surface area contributed by atoms with Crippen molar-refractivity contribution in [1.29, 1.82) is 0 Å². The molecule has 1 aromatic carbocycles. The summed E-state index contributed by atoms with van der Waals surface area (Å²) in [6.07, 6.45) is 8.67. The minimum absolute atomic E-state index is 0.395. The van der Waals surface area contributed by atoms with E-state index in [0.29, 0.717) is 11.5 Å². The van der Waals surface area contributed by atoms with Crippen molar-refractivity contribution in [2.75, 3.05) is 5.75 Å². The number of Topliss-reactive ketones (excluding diaryl/α,β-unsaturated/α-hetero) is 1. The van der Waals surface area contributed by atoms with Gasteiger partial charge in [0.2, 0.25) is 0 Å². The van der Waals surface area contributed by atoms with Gasteiger partial charge in [0.1, 0.15) is 5.78 Å². The molecule has 0 N–H and O–H groups in total. The van der Waals surface area contributed by atoms with Crippen molar-refractivity contribution >= 4 is 33.5 Å². The molecular formula is C16H21BrOS. The Bertz CT molecular complexity index is 413. The lowest BCUT2D eigenvalue weighted by Crippen LogP contribution is -2.10. The molecule has 2 rings (SSSR count). The summed E-state index contributed by atoms with van der Waals surface area (Å²) in [5, 5.41) is 0. The van der Waals surface area contributed by atoms with Crippen LogP contribution in [0.4, 0.5) is 0 Å². The second-order valence-corrected chi connectivity index (χ2v) is 7.17. The highest BCUT2D eigenvalue weighted by Gasteiger charge is 2.15. The first-order valence-electron chi connectivity index (χ1n) is 7.15. The number of carbonyl (C=O) groups excluding carboxylic acids is 1. The van der Waals surface area contributed by atoms with Crippen LogP contribution >= 0.6 is 27.7 Å². The molecule has 0 aromatic heterocycles. The maximum absolute atomic E-state index is 11.9. The maximum Gasteiger partial charge on any atom is 0.143 e. The molecule has 1 saturated carbocycles. The molecule has 0 unspecified atom stereocenters. The number of thioether (sulfide) groups is 1. The van der Waals surface area contributed by atoms with E-state index < -0.39 is 0 Å². The lowest BCUT2D eigenvalue weighted by molar-refractivity contribution is -0.116. The molecule has 104 valence electrons. The van der Waals surface area contributed by atoms with Gasteiger partial charge < -0.3 is 0 Å². The maximum atomic E-state index is 11.9. The SMILES string of the molecule is O=C(CCC1CCCCC1)CSc1ccccc1Br. The summed E-state index contributed by atoms with van der Waals surface area (Å²) in [5.41, 5.74) is 0. The van der Waals surface area contributed by atoms with Gasteiger partial charge >= 0.3 is 0 Å². The Labute approximate surface area is 128 Å². The van der Waals surface area contributed by atoms with Gasteiger partial charge in [0, 0.05) is 15.8 Å². The van der Waals surface area contributed by atoms with Crippen LogP contribution in [0.25, 0.3) is 0 Å². The van der Waals surface area contributed by atoms with Gasteiger partial charge in [0.25, 0.3) is 0 Å².